The van der Waals surface area contributed by atoms with Crippen molar-refractivity contribution in [1.82, 2.24) is 15.3 Å². The summed E-state index contributed by atoms with van der Waals surface area (Å²) in [7, 11) is 0. The summed E-state index contributed by atoms with van der Waals surface area (Å²) in [4.78, 5) is 25.3. The monoisotopic (exact) mass is 471 g/mol. The highest BCUT2D eigenvalue weighted by atomic mass is 35.5. The van der Waals surface area contributed by atoms with Crippen LogP contribution in [0.25, 0.3) is 0 Å². The van der Waals surface area contributed by atoms with Crippen molar-refractivity contribution in [3.05, 3.63) is 80.6 Å². The Morgan fingerprint density at radius 3 is 2.50 bits per heavy atom. The molecule has 0 aliphatic rings. The topological polar surface area (TPSA) is 131 Å². The summed E-state index contributed by atoms with van der Waals surface area (Å²) in [6, 6.07) is 13.3. The van der Waals surface area contributed by atoms with E-state index in [1.807, 2.05) is 38.1 Å². The first-order valence-corrected chi connectivity index (χ1v) is 10.5. The zero-order valence-electron chi connectivity index (χ0n) is 17.6. The van der Waals surface area contributed by atoms with Gasteiger partial charge in [-0.3, -0.25) is 10.1 Å². The number of halogens is 2. The summed E-state index contributed by atoms with van der Waals surface area (Å²) in [5, 5.41) is 6.10. The van der Waals surface area contributed by atoms with E-state index in [1.54, 1.807) is 12.1 Å². The van der Waals surface area contributed by atoms with Crippen molar-refractivity contribution in [2.75, 3.05) is 11.1 Å². The first-order valence-electron chi connectivity index (χ1n) is 9.71. The van der Waals surface area contributed by atoms with Crippen LogP contribution in [0.15, 0.2) is 47.5 Å². The van der Waals surface area contributed by atoms with Gasteiger partial charge in [0.1, 0.15) is 0 Å². The van der Waals surface area contributed by atoms with Crippen LogP contribution >= 0.6 is 23.2 Å². The molecule has 0 aliphatic heterocycles. The van der Waals surface area contributed by atoms with Crippen LogP contribution in [0, 0.1) is 13.8 Å². The van der Waals surface area contributed by atoms with Gasteiger partial charge in [0.2, 0.25) is 0 Å². The lowest BCUT2D eigenvalue weighted by Crippen LogP contribution is -2.37. The molecule has 8 nitrogen and oxygen atoms in total. The summed E-state index contributed by atoms with van der Waals surface area (Å²) in [5.74, 6) is -0.493. The molecule has 32 heavy (non-hydrogen) atoms. The number of anilines is 2. The van der Waals surface area contributed by atoms with E-state index >= 15 is 0 Å². The summed E-state index contributed by atoms with van der Waals surface area (Å²) < 4.78 is 0. The lowest BCUT2D eigenvalue weighted by atomic mass is 10.1. The summed E-state index contributed by atoms with van der Waals surface area (Å²) in [5.41, 5.74) is 15.8. The molecule has 0 radical (unpaired) electrons. The minimum atomic E-state index is -0.611. The van der Waals surface area contributed by atoms with E-state index in [0.29, 0.717) is 18.1 Å². The van der Waals surface area contributed by atoms with E-state index in [-0.39, 0.29) is 28.4 Å². The molecule has 0 saturated carbocycles. The molecule has 0 spiro atoms. The first kappa shape index (κ1) is 23.3. The first-order chi connectivity index (χ1) is 15.2. The van der Waals surface area contributed by atoms with Gasteiger partial charge in [0.05, 0.1) is 6.54 Å². The fourth-order valence-electron chi connectivity index (χ4n) is 2.91. The minimum absolute atomic E-state index is 0.00157. The fraction of sp³-hybridized carbons (Fsp3) is 0.182. The number of aliphatic imine (C=N–C) groups is 1. The van der Waals surface area contributed by atoms with Gasteiger partial charge in [-0.25, -0.2) is 15.0 Å². The van der Waals surface area contributed by atoms with Crippen molar-refractivity contribution in [1.29, 1.82) is 0 Å². The van der Waals surface area contributed by atoms with E-state index in [0.717, 1.165) is 22.3 Å². The third-order valence-electron chi connectivity index (χ3n) is 4.63. The van der Waals surface area contributed by atoms with Gasteiger partial charge < -0.3 is 16.8 Å². The van der Waals surface area contributed by atoms with Crippen LogP contribution in [0.3, 0.4) is 0 Å². The number of nitrogens with two attached hydrogens (primary N) is 2. The molecule has 0 saturated heterocycles. The second-order valence-corrected chi connectivity index (χ2v) is 7.96. The SMILES string of the molecule is Cc1ccc(CN=C(N)NC(=O)c2nc(Cl)c(N)nc2NCc2ccc(Cl)cc2)c(C)c1. The second kappa shape index (κ2) is 10.3. The van der Waals surface area contributed by atoms with E-state index < -0.39 is 5.91 Å². The van der Waals surface area contributed by atoms with Crippen LogP contribution < -0.4 is 22.1 Å². The summed E-state index contributed by atoms with van der Waals surface area (Å²) in [6.07, 6.45) is 0. The van der Waals surface area contributed by atoms with Gasteiger partial charge >= 0.3 is 0 Å². The Labute approximate surface area is 196 Å². The van der Waals surface area contributed by atoms with Crippen LogP contribution in [0.1, 0.15) is 32.7 Å². The molecule has 0 bridgehead atoms. The number of benzene rings is 2. The van der Waals surface area contributed by atoms with Gasteiger partial charge in [-0.15, -0.1) is 0 Å². The molecule has 3 rings (SSSR count). The fourth-order valence-corrected chi connectivity index (χ4v) is 3.16. The number of aromatic nitrogens is 2. The Kier molecular flexibility index (Phi) is 7.50. The lowest BCUT2D eigenvalue weighted by Gasteiger charge is -2.12. The van der Waals surface area contributed by atoms with Gasteiger partial charge in [0, 0.05) is 11.6 Å². The van der Waals surface area contributed by atoms with Gasteiger partial charge in [0.25, 0.3) is 5.91 Å². The zero-order chi connectivity index (χ0) is 23.3. The van der Waals surface area contributed by atoms with Gasteiger partial charge in [-0.1, -0.05) is 59.1 Å². The van der Waals surface area contributed by atoms with Crippen LogP contribution in [0.5, 0.6) is 0 Å². The highest BCUT2D eigenvalue weighted by molar-refractivity contribution is 6.32. The molecule has 0 atom stereocenters. The summed E-state index contributed by atoms with van der Waals surface area (Å²) >= 11 is 11.9. The molecule has 1 amide bonds. The van der Waals surface area contributed by atoms with Gasteiger partial charge in [-0.05, 0) is 42.7 Å². The Bertz CT molecular complexity index is 1160. The molecule has 0 unspecified atom stereocenters. The third-order valence-corrected chi connectivity index (χ3v) is 5.16. The molecule has 3 aromatic rings. The molecular formula is C22H23Cl2N7O. The normalized spacial score (nSPS) is 11.3. The van der Waals surface area contributed by atoms with Crippen LogP contribution in [-0.4, -0.2) is 21.8 Å². The molecule has 1 heterocycles. The molecule has 0 aliphatic carbocycles. The van der Waals surface area contributed by atoms with Crippen molar-refractivity contribution < 1.29 is 4.79 Å². The van der Waals surface area contributed by atoms with E-state index in [4.69, 9.17) is 34.7 Å². The number of hydrogen-bond donors (Lipinski definition) is 4. The average Bonchev–Trinajstić information content (AvgIpc) is 2.74. The number of rotatable bonds is 6. The smallest absolute Gasteiger partial charge is 0.280 e. The van der Waals surface area contributed by atoms with Crippen molar-refractivity contribution in [2.24, 2.45) is 10.7 Å². The number of carbonyl (C=O) groups excluding carboxylic acids is 1. The van der Waals surface area contributed by atoms with E-state index in [9.17, 15) is 4.79 Å². The summed E-state index contributed by atoms with van der Waals surface area (Å²) in [6.45, 7) is 4.71. The molecule has 166 valence electrons. The molecule has 2 aromatic carbocycles. The largest absolute Gasteiger partial charge is 0.381 e. The average molecular weight is 472 g/mol. The highest BCUT2D eigenvalue weighted by Crippen LogP contribution is 2.21. The van der Waals surface area contributed by atoms with Gasteiger partial charge in [-0.2, -0.15) is 0 Å². The number of hydrogen-bond acceptors (Lipinski definition) is 6. The number of nitrogen functional groups attached to an aromatic ring is 1. The minimum Gasteiger partial charge on any atom is -0.381 e. The molecule has 10 heteroatoms. The Hall–Kier alpha value is -3.36. The lowest BCUT2D eigenvalue weighted by molar-refractivity contribution is 0.0972. The maximum absolute atomic E-state index is 12.8. The van der Waals surface area contributed by atoms with Crippen LogP contribution in [0.2, 0.25) is 10.2 Å². The highest BCUT2D eigenvalue weighted by Gasteiger charge is 2.19. The van der Waals surface area contributed by atoms with Crippen LogP contribution in [-0.2, 0) is 13.1 Å². The van der Waals surface area contributed by atoms with Crippen molar-refractivity contribution in [2.45, 2.75) is 26.9 Å². The van der Waals surface area contributed by atoms with Crippen molar-refractivity contribution in [3.8, 4) is 0 Å². The number of nitrogens with zero attached hydrogens (tertiary/aromatic N) is 3. The van der Waals surface area contributed by atoms with Gasteiger partial charge in [0.15, 0.2) is 28.4 Å². The maximum Gasteiger partial charge on any atom is 0.280 e. The third kappa shape index (κ3) is 6.09. The van der Waals surface area contributed by atoms with E-state index in [2.05, 4.69) is 31.7 Å². The maximum atomic E-state index is 12.8. The van der Waals surface area contributed by atoms with E-state index in [1.165, 1.54) is 0 Å². The molecule has 1 aromatic heterocycles. The van der Waals surface area contributed by atoms with Crippen LogP contribution in [0.4, 0.5) is 11.6 Å². The molecule has 6 N–H and O–H groups in total. The van der Waals surface area contributed by atoms with Crippen molar-refractivity contribution >= 4 is 46.7 Å². The molecular weight excluding hydrogens is 449 g/mol. The number of guanidine groups is 1. The second-order valence-electron chi connectivity index (χ2n) is 7.16. The number of nitrogens with one attached hydrogen (secondary N) is 2. The quantitative estimate of drug-likeness (QED) is 0.319. The Balaban J connectivity index is 1.74. The molecule has 0 fully saturated rings. The Morgan fingerprint density at radius 2 is 1.81 bits per heavy atom. The zero-order valence-corrected chi connectivity index (χ0v) is 19.1. The van der Waals surface area contributed by atoms with Crippen molar-refractivity contribution in [3.63, 3.8) is 0 Å². The number of carbonyl (C=O) groups is 1. The predicted octanol–water partition coefficient (Wildman–Crippen LogP) is 3.84. The Morgan fingerprint density at radius 1 is 1.09 bits per heavy atom. The number of amides is 1. The number of aryl methyl sites for hydroxylation is 2. The standard InChI is InChI=1S/C22H23Cl2N7O/c1-12-3-6-15(13(2)9-12)11-28-22(26)31-21(32)17-20(30-19(25)18(24)29-17)27-10-14-4-7-16(23)8-5-14/h3-9H,10-11H2,1-2H3,(H3,25,27,30)(H3,26,28,31,32). The predicted molar refractivity (Wildman–Crippen MR) is 129 cm³/mol.